The summed E-state index contributed by atoms with van der Waals surface area (Å²) < 4.78 is 4.97. The highest BCUT2D eigenvalue weighted by molar-refractivity contribution is 5.91. The zero-order chi connectivity index (χ0) is 15.4. The van der Waals surface area contributed by atoms with E-state index in [4.69, 9.17) is 4.74 Å². The first-order chi connectivity index (χ1) is 10.0. The number of ether oxygens (including phenoxy) is 1. The molecule has 0 aromatic heterocycles. The van der Waals surface area contributed by atoms with Crippen molar-refractivity contribution < 1.29 is 9.53 Å². The van der Waals surface area contributed by atoms with E-state index in [1.165, 1.54) is 17.7 Å². The summed E-state index contributed by atoms with van der Waals surface area (Å²) >= 11 is 0. The first kappa shape index (κ1) is 15.6. The number of rotatable bonds is 4. The fourth-order valence-corrected chi connectivity index (χ4v) is 2.85. The van der Waals surface area contributed by atoms with Gasteiger partial charge in [-0.2, -0.15) is 0 Å². The van der Waals surface area contributed by atoms with Crippen molar-refractivity contribution in [2.45, 2.75) is 46.6 Å². The maximum absolute atomic E-state index is 11.6. The first-order valence-electron chi connectivity index (χ1n) is 7.78. The van der Waals surface area contributed by atoms with Gasteiger partial charge in [0, 0.05) is 24.4 Å². The lowest BCUT2D eigenvalue weighted by molar-refractivity contribution is -0.137. The number of fused-ring (bicyclic) bond motifs is 1. The van der Waals surface area contributed by atoms with Crippen LogP contribution in [0.1, 0.15) is 45.2 Å². The van der Waals surface area contributed by atoms with Crippen molar-refractivity contribution in [1.82, 2.24) is 0 Å². The molecule has 3 heteroatoms. The van der Waals surface area contributed by atoms with Crippen LogP contribution in [0, 0.1) is 0 Å². The molecule has 0 amide bonds. The van der Waals surface area contributed by atoms with Crippen LogP contribution in [0.25, 0.3) is 5.57 Å². The number of nitrogens with zero attached hydrogens (tertiary/aromatic N) is 1. The average molecular weight is 287 g/mol. The van der Waals surface area contributed by atoms with E-state index in [2.05, 4.69) is 36.9 Å². The quantitative estimate of drug-likeness (QED) is 0.623. The van der Waals surface area contributed by atoms with E-state index in [1.54, 1.807) is 6.08 Å². The molecule has 3 nitrogen and oxygen atoms in total. The molecule has 114 valence electrons. The second-order valence-electron chi connectivity index (χ2n) is 5.81. The van der Waals surface area contributed by atoms with Crippen molar-refractivity contribution in [3.8, 4) is 0 Å². The monoisotopic (exact) mass is 287 g/mol. The summed E-state index contributed by atoms with van der Waals surface area (Å²) in [7, 11) is 0. The normalized spacial score (nSPS) is 15.1. The highest BCUT2D eigenvalue weighted by Gasteiger charge is 2.19. The molecule has 0 saturated heterocycles. The van der Waals surface area contributed by atoms with Gasteiger partial charge in [0.15, 0.2) is 0 Å². The highest BCUT2D eigenvalue weighted by Crippen LogP contribution is 2.31. The van der Waals surface area contributed by atoms with Crippen LogP contribution in [-0.4, -0.2) is 25.2 Å². The molecule has 1 aliphatic rings. The van der Waals surface area contributed by atoms with Gasteiger partial charge in [0.2, 0.25) is 0 Å². The predicted octanol–water partition coefficient (Wildman–Crippen LogP) is 3.81. The van der Waals surface area contributed by atoms with Crippen LogP contribution < -0.4 is 4.90 Å². The Balaban J connectivity index is 2.27. The molecule has 1 heterocycles. The van der Waals surface area contributed by atoms with Gasteiger partial charge in [0.05, 0.1) is 6.61 Å². The number of allylic oxidation sites excluding steroid dienone is 1. The van der Waals surface area contributed by atoms with Crippen molar-refractivity contribution >= 4 is 17.2 Å². The van der Waals surface area contributed by atoms with Crippen LogP contribution >= 0.6 is 0 Å². The van der Waals surface area contributed by atoms with Crippen LogP contribution in [-0.2, 0) is 16.0 Å². The Bertz CT molecular complexity index is 546. The van der Waals surface area contributed by atoms with Crippen molar-refractivity contribution in [2.24, 2.45) is 0 Å². The number of anilines is 1. The lowest BCUT2D eigenvalue weighted by Crippen LogP contribution is -2.35. The summed E-state index contributed by atoms with van der Waals surface area (Å²) in [5, 5.41) is 0. The third kappa shape index (κ3) is 3.66. The lowest BCUT2D eigenvalue weighted by Gasteiger charge is -2.35. The fraction of sp³-hybridized carbons (Fsp3) is 0.500. The van der Waals surface area contributed by atoms with E-state index >= 15 is 0 Å². The Morgan fingerprint density at radius 3 is 2.86 bits per heavy atom. The topological polar surface area (TPSA) is 29.5 Å². The number of carbonyl (C=O) groups is 1. The minimum atomic E-state index is -0.267. The molecule has 0 N–H and O–H groups in total. The maximum Gasteiger partial charge on any atom is 0.331 e. The molecule has 0 atom stereocenters. The molecule has 0 unspecified atom stereocenters. The van der Waals surface area contributed by atoms with Gasteiger partial charge in [-0.15, -0.1) is 0 Å². The van der Waals surface area contributed by atoms with E-state index in [0.717, 1.165) is 24.1 Å². The zero-order valence-corrected chi connectivity index (χ0v) is 13.5. The largest absolute Gasteiger partial charge is 0.463 e. The van der Waals surface area contributed by atoms with Crippen LogP contribution in [0.2, 0.25) is 0 Å². The van der Waals surface area contributed by atoms with Crippen LogP contribution in [0.4, 0.5) is 5.69 Å². The maximum atomic E-state index is 11.6. The molecule has 2 rings (SSSR count). The smallest absolute Gasteiger partial charge is 0.331 e. The van der Waals surface area contributed by atoms with Gasteiger partial charge in [-0.1, -0.05) is 6.07 Å². The number of esters is 1. The molecule has 1 aromatic rings. The minimum absolute atomic E-state index is 0.267. The number of carbonyl (C=O) groups excluding carboxylic acids is 1. The van der Waals surface area contributed by atoms with Gasteiger partial charge in [-0.05, 0) is 69.4 Å². The third-order valence-corrected chi connectivity index (χ3v) is 3.93. The van der Waals surface area contributed by atoms with E-state index < -0.39 is 0 Å². The molecule has 0 radical (unpaired) electrons. The van der Waals surface area contributed by atoms with Crippen LogP contribution in [0.5, 0.6) is 0 Å². The molecular weight excluding hydrogens is 262 g/mol. The molecule has 1 aliphatic heterocycles. The average Bonchev–Trinajstić information content (AvgIpc) is 2.46. The van der Waals surface area contributed by atoms with E-state index in [0.29, 0.717) is 12.6 Å². The number of benzene rings is 1. The molecule has 0 bridgehead atoms. The van der Waals surface area contributed by atoms with Crippen molar-refractivity contribution in [2.75, 3.05) is 18.1 Å². The second kappa shape index (κ2) is 6.79. The van der Waals surface area contributed by atoms with Gasteiger partial charge in [0.1, 0.15) is 0 Å². The van der Waals surface area contributed by atoms with Gasteiger partial charge in [0.25, 0.3) is 0 Å². The summed E-state index contributed by atoms with van der Waals surface area (Å²) in [6.45, 7) is 9.78. The Kier molecular flexibility index (Phi) is 5.05. The molecule has 0 spiro atoms. The summed E-state index contributed by atoms with van der Waals surface area (Å²) in [5.74, 6) is -0.267. The van der Waals surface area contributed by atoms with Crippen LogP contribution in [0.3, 0.4) is 0 Å². The molecule has 1 aromatic carbocycles. The minimum Gasteiger partial charge on any atom is -0.463 e. The summed E-state index contributed by atoms with van der Waals surface area (Å²) in [5.41, 5.74) is 4.78. The van der Waals surface area contributed by atoms with Gasteiger partial charge in [-0.25, -0.2) is 4.79 Å². The molecular formula is C18H25NO2. The molecule has 21 heavy (non-hydrogen) atoms. The number of hydrogen-bond donors (Lipinski definition) is 0. The Hall–Kier alpha value is -1.77. The van der Waals surface area contributed by atoms with Crippen molar-refractivity contribution in [3.63, 3.8) is 0 Å². The highest BCUT2D eigenvalue weighted by atomic mass is 16.5. The molecule has 0 fully saturated rings. The van der Waals surface area contributed by atoms with Gasteiger partial charge < -0.3 is 9.64 Å². The first-order valence-corrected chi connectivity index (χ1v) is 7.78. The Morgan fingerprint density at radius 2 is 2.19 bits per heavy atom. The van der Waals surface area contributed by atoms with Crippen molar-refractivity contribution in [1.29, 1.82) is 0 Å². The standard InChI is InChI=1S/C18H25NO2/c1-5-21-18(20)11-14(4)15-8-9-17-16(12-15)7-6-10-19(17)13(2)3/h8-9,11-13H,5-7,10H2,1-4H3. The van der Waals surface area contributed by atoms with E-state index in [-0.39, 0.29) is 5.97 Å². The SMILES string of the molecule is CCOC(=O)C=C(C)c1ccc2c(c1)CCCN2C(C)C. The number of hydrogen-bond acceptors (Lipinski definition) is 3. The van der Waals surface area contributed by atoms with Crippen molar-refractivity contribution in [3.05, 3.63) is 35.4 Å². The van der Waals surface area contributed by atoms with Gasteiger partial charge >= 0.3 is 5.97 Å². The second-order valence-corrected chi connectivity index (χ2v) is 5.81. The molecule has 0 aliphatic carbocycles. The van der Waals surface area contributed by atoms with E-state index in [1.807, 2.05) is 13.8 Å². The third-order valence-electron chi connectivity index (χ3n) is 3.93. The zero-order valence-electron chi connectivity index (χ0n) is 13.5. The predicted molar refractivity (Wildman–Crippen MR) is 87.5 cm³/mol. The van der Waals surface area contributed by atoms with Crippen LogP contribution in [0.15, 0.2) is 24.3 Å². The van der Waals surface area contributed by atoms with Gasteiger partial charge in [-0.3, -0.25) is 0 Å². The number of aryl methyl sites for hydroxylation is 1. The summed E-state index contributed by atoms with van der Waals surface area (Å²) in [4.78, 5) is 14.0. The fourth-order valence-electron chi connectivity index (χ4n) is 2.85. The lowest BCUT2D eigenvalue weighted by atomic mass is 9.95. The van der Waals surface area contributed by atoms with E-state index in [9.17, 15) is 4.79 Å². The molecule has 0 saturated carbocycles. The Labute approximate surface area is 127 Å². The summed E-state index contributed by atoms with van der Waals surface area (Å²) in [6.07, 6.45) is 3.88. The summed E-state index contributed by atoms with van der Waals surface area (Å²) in [6, 6.07) is 7.03. The Morgan fingerprint density at radius 1 is 1.43 bits per heavy atom.